The van der Waals surface area contributed by atoms with Gasteiger partial charge in [0.1, 0.15) is 0 Å². The second kappa shape index (κ2) is 7.65. The lowest BCUT2D eigenvalue weighted by atomic mass is 9.86. The number of likely N-dealkylation sites (tertiary alicyclic amines) is 1. The second-order valence-corrected chi connectivity index (χ2v) is 6.33. The number of amides is 1. The predicted octanol–water partition coefficient (Wildman–Crippen LogP) is 3.44. The smallest absolute Gasteiger partial charge is 0.222 e. The van der Waals surface area contributed by atoms with E-state index in [2.05, 4.69) is 12.1 Å². The van der Waals surface area contributed by atoms with Gasteiger partial charge in [0.05, 0.1) is 5.71 Å². The lowest BCUT2D eigenvalue weighted by molar-refractivity contribution is -0.132. The van der Waals surface area contributed by atoms with Crippen molar-refractivity contribution >= 4 is 11.6 Å². The number of hydrogen-bond acceptors (Lipinski definition) is 3. The minimum Gasteiger partial charge on any atom is -0.411 e. The molecule has 1 N–H and O–H groups in total. The van der Waals surface area contributed by atoms with E-state index < -0.39 is 0 Å². The molecule has 0 aromatic rings. The fourth-order valence-electron chi connectivity index (χ4n) is 3.60. The van der Waals surface area contributed by atoms with Crippen molar-refractivity contribution in [2.75, 3.05) is 13.1 Å². The average Bonchev–Trinajstić information content (AvgIpc) is 2.52. The van der Waals surface area contributed by atoms with Gasteiger partial charge in [-0.3, -0.25) is 4.79 Å². The molecule has 1 saturated carbocycles. The van der Waals surface area contributed by atoms with E-state index in [1.807, 2.05) is 4.90 Å². The molecule has 1 unspecified atom stereocenters. The molecular weight excluding hydrogens is 252 g/mol. The SMILES string of the molecule is CCC1CN(C(=O)CCC2CCCCC2)CCC1=NO. The van der Waals surface area contributed by atoms with Gasteiger partial charge in [-0.05, 0) is 18.8 Å². The van der Waals surface area contributed by atoms with Crippen LogP contribution >= 0.6 is 0 Å². The maximum Gasteiger partial charge on any atom is 0.222 e. The van der Waals surface area contributed by atoms with Crippen LogP contribution in [0, 0.1) is 11.8 Å². The predicted molar refractivity (Wildman–Crippen MR) is 80.0 cm³/mol. The number of carbonyl (C=O) groups is 1. The maximum absolute atomic E-state index is 12.3. The molecule has 1 amide bonds. The van der Waals surface area contributed by atoms with Crippen LogP contribution in [0.3, 0.4) is 0 Å². The molecule has 114 valence electrons. The number of nitrogens with zero attached hydrogens (tertiary/aromatic N) is 2. The summed E-state index contributed by atoms with van der Waals surface area (Å²) in [5.41, 5.74) is 0.865. The van der Waals surface area contributed by atoms with Crippen LogP contribution in [0.2, 0.25) is 0 Å². The topological polar surface area (TPSA) is 52.9 Å². The Bertz CT molecular complexity index is 348. The summed E-state index contributed by atoms with van der Waals surface area (Å²) >= 11 is 0. The monoisotopic (exact) mass is 280 g/mol. The van der Waals surface area contributed by atoms with Gasteiger partial charge in [0.15, 0.2) is 0 Å². The molecule has 1 atom stereocenters. The van der Waals surface area contributed by atoms with Gasteiger partial charge in [0.25, 0.3) is 0 Å². The normalized spacial score (nSPS) is 26.9. The van der Waals surface area contributed by atoms with Crippen LogP contribution in [0.25, 0.3) is 0 Å². The summed E-state index contributed by atoms with van der Waals surface area (Å²) in [6.45, 7) is 3.55. The Balaban J connectivity index is 1.77. The van der Waals surface area contributed by atoms with Crippen LogP contribution in [0.4, 0.5) is 0 Å². The highest BCUT2D eigenvalue weighted by Crippen LogP contribution is 2.28. The fourth-order valence-corrected chi connectivity index (χ4v) is 3.60. The van der Waals surface area contributed by atoms with E-state index in [0.717, 1.165) is 44.0 Å². The number of oxime groups is 1. The zero-order valence-electron chi connectivity index (χ0n) is 12.7. The average molecular weight is 280 g/mol. The molecule has 2 aliphatic rings. The molecule has 2 rings (SSSR count). The van der Waals surface area contributed by atoms with Crippen molar-refractivity contribution in [3.63, 3.8) is 0 Å². The quantitative estimate of drug-likeness (QED) is 0.633. The molecule has 0 spiro atoms. The van der Waals surface area contributed by atoms with Gasteiger partial charge in [-0.15, -0.1) is 0 Å². The van der Waals surface area contributed by atoms with Crippen LogP contribution < -0.4 is 0 Å². The van der Waals surface area contributed by atoms with E-state index in [9.17, 15) is 4.79 Å². The van der Waals surface area contributed by atoms with Crippen molar-refractivity contribution in [1.82, 2.24) is 4.90 Å². The molecule has 0 aromatic carbocycles. The van der Waals surface area contributed by atoms with Crippen molar-refractivity contribution in [3.05, 3.63) is 0 Å². The number of rotatable bonds is 4. The maximum atomic E-state index is 12.3. The first-order chi connectivity index (χ1) is 9.74. The Morgan fingerprint density at radius 3 is 2.75 bits per heavy atom. The number of piperidine rings is 1. The third kappa shape index (κ3) is 3.97. The van der Waals surface area contributed by atoms with E-state index >= 15 is 0 Å². The van der Waals surface area contributed by atoms with E-state index in [4.69, 9.17) is 5.21 Å². The Morgan fingerprint density at radius 2 is 2.10 bits per heavy atom. The third-order valence-electron chi connectivity index (χ3n) is 5.02. The van der Waals surface area contributed by atoms with Gasteiger partial charge in [-0.25, -0.2) is 0 Å². The first-order valence-electron chi connectivity index (χ1n) is 8.23. The van der Waals surface area contributed by atoms with Crippen LogP contribution in [0.15, 0.2) is 5.16 Å². The molecule has 1 heterocycles. The summed E-state index contributed by atoms with van der Waals surface area (Å²) < 4.78 is 0. The number of carbonyl (C=O) groups excluding carboxylic acids is 1. The summed E-state index contributed by atoms with van der Waals surface area (Å²) in [6.07, 6.45) is 10.1. The second-order valence-electron chi connectivity index (χ2n) is 6.33. The molecule has 2 fully saturated rings. The van der Waals surface area contributed by atoms with Crippen molar-refractivity contribution < 1.29 is 10.0 Å². The van der Waals surface area contributed by atoms with Gasteiger partial charge >= 0.3 is 0 Å². The van der Waals surface area contributed by atoms with Gasteiger partial charge < -0.3 is 10.1 Å². The Labute approximate surface area is 122 Å². The molecule has 0 aromatic heterocycles. The van der Waals surface area contributed by atoms with Crippen molar-refractivity contribution in [2.24, 2.45) is 17.0 Å². The van der Waals surface area contributed by atoms with Crippen molar-refractivity contribution in [2.45, 2.75) is 64.7 Å². The van der Waals surface area contributed by atoms with E-state index in [-0.39, 0.29) is 5.92 Å². The first-order valence-corrected chi connectivity index (χ1v) is 8.23. The van der Waals surface area contributed by atoms with Crippen LogP contribution in [0.5, 0.6) is 0 Å². The highest BCUT2D eigenvalue weighted by atomic mass is 16.4. The first kappa shape index (κ1) is 15.3. The fraction of sp³-hybridized carbons (Fsp3) is 0.875. The molecule has 0 bridgehead atoms. The van der Waals surface area contributed by atoms with Crippen molar-refractivity contribution in [1.29, 1.82) is 0 Å². The Kier molecular flexibility index (Phi) is 5.86. The molecule has 1 saturated heterocycles. The van der Waals surface area contributed by atoms with E-state index in [1.165, 1.54) is 32.1 Å². The van der Waals surface area contributed by atoms with Gasteiger partial charge in [-0.2, -0.15) is 0 Å². The van der Waals surface area contributed by atoms with Crippen LogP contribution in [0.1, 0.15) is 64.7 Å². The van der Waals surface area contributed by atoms with Crippen molar-refractivity contribution in [3.8, 4) is 0 Å². The summed E-state index contributed by atoms with van der Waals surface area (Å²) in [5.74, 6) is 1.31. The highest BCUT2D eigenvalue weighted by Gasteiger charge is 2.27. The zero-order chi connectivity index (χ0) is 14.4. The van der Waals surface area contributed by atoms with Gasteiger partial charge in [-0.1, -0.05) is 44.2 Å². The van der Waals surface area contributed by atoms with E-state index in [1.54, 1.807) is 0 Å². The Hall–Kier alpha value is -1.06. The molecular formula is C16H28N2O2. The zero-order valence-corrected chi connectivity index (χ0v) is 12.7. The van der Waals surface area contributed by atoms with Gasteiger partial charge in [0.2, 0.25) is 5.91 Å². The van der Waals surface area contributed by atoms with Crippen LogP contribution in [-0.2, 0) is 4.79 Å². The molecule has 0 radical (unpaired) electrons. The minimum atomic E-state index is 0.243. The lowest BCUT2D eigenvalue weighted by Gasteiger charge is -2.33. The highest BCUT2D eigenvalue weighted by molar-refractivity contribution is 5.89. The largest absolute Gasteiger partial charge is 0.411 e. The lowest BCUT2D eigenvalue weighted by Crippen LogP contribution is -2.44. The molecule has 4 nitrogen and oxygen atoms in total. The molecule has 1 aliphatic carbocycles. The molecule has 1 aliphatic heterocycles. The summed E-state index contributed by atoms with van der Waals surface area (Å²) in [5, 5.41) is 12.4. The van der Waals surface area contributed by atoms with Crippen LogP contribution in [-0.4, -0.2) is 34.8 Å². The molecule has 20 heavy (non-hydrogen) atoms. The number of hydrogen-bond donors (Lipinski definition) is 1. The standard InChI is InChI=1S/C16H28N2O2/c1-2-14-12-18(11-10-15(14)17-20)16(19)9-8-13-6-4-3-5-7-13/h13-14,20H,2-12H2,1H3. The van der Waals surface area contributed by atoms with E-state index in [0.29, 0.717) is 12.3 Å². The summed E-state index contributed by atoms with van der Waals surface area (Å²) in [6, 6.07) is 0. The van der Waals surface area contributed by atoms with Gasteiger partial charge in [0, 0.05) is 31.8 Å². The molecule has 4 heteroatoms. The Morgan fingerprint density at radius 1 is 1.35 bits per heavy atom. The summed E-state index contributed by atoms with van der Waals surface area (Å²) in [4.78, 5) is 14.3. The minimum absolute atomic E-state index is 0.243. The summed E-state index contributed by atoms with van der Waals surface area (Å²) in [7, 11) is 0. The third-order valence-corrected chi connectivity index (χ3v) is 5.02.